The van der Waals surface area contributed by atoms with Crippen LogP contribution in [0.4, 0.5) is 8.78 Å². The van der Waals surface area contributed by atoms with Crippen LogP contribution in [0.1, 0.15) is 18.1 Å². The van der Waals surface area contributed by atoms with Gasteiger partial charge < -0.3 is 9.84 Å². The summed E-state index contributed by atoms with van der Waals surface area (Å²) in [6, 6.07) is 2.76. The van der Waals surface area contributed by atoms with E-state index in [4.69, 9.17) is 0 Å². The monoisotopic (exact) mass is 216 g/mol. The predicted octanol–water partition coefficient (Wildman–Crippen LogP) is 1.56. The van der Waals surface area contributed by atoms with Crippen LogP contribution in [0, 0.1) is 11.6 Å². The van der Waals surface area contributed by atoms with Gasteiger partial charge in [-0.2, -0.15) is 0 Å². The van der Waals surface area contributed by atoms with Crippen molar-refractivity contribution in [2.75, 3.05) is 7.11 Å². The number of aliphatic hydroxyl groups is 1. The quantitative estimate of drug-likeness (QED) is 0.780. The smallest absolute Gasteiger partial charge is 0.308 e. The molecule has 0 aliphatic carbocycles. The second kappa shape index (κ2) is 4.84. The zero-order valence-electron chi connectivity index (χ0n) is 8.04. The molecule has 0 aliphatic rings. The van der Waals surface area contributed by atoms with Crippen LogP contribution in [0.25, 0.3) is 0 Å². The van der Waals surface area contributed by atoms with Gasteiger partial charge in [-0.25, -0.2) is 8.78 Å². The van der Waals surface area contributed by atoms with Gasteiger partial charge >= 0.3 is 5.97 Å². The molecule has 5 heteroatoms. The first-order valence-electron chi connectivity index (χ1n) is 4.24. The van der Waals surface area contributed by atoms with Gasteiger partial charge in [0.1, 0.15) is 11.6 Å². The van der Waals surface area contributed by atoms with Gasteiger partial charge in [0.25, 0.3) is 0 Å². The van der Waals surface area contributed by atoms with Crippen molar-refractivity contribution in [3.8, 4) is 0 Å². The highest BCUT2D eigenvalue weighted by Crippen LogP contribution is 2.20. The van der Waals surface area contributed by atoms with Crippen LogP contribution in [0.3, 0.4) is 0 Å². The van der Waals surface area contributed by atoms with Crippen LogP contribution in [0.2, 0.25) is 0 Å². The third kappa shape index (κ3) is 2.99. The average Bonchev–Trinajstić information content (AvgIpc) is 2.17. The van der Waals surface area contributed by atoms with Crippen LogP contribution in [0.15, 0.2) is 18.2 Å². The Morgan fingerprint density at radius 1 is 1.53 bits per heavy atom. The molecule has 0 saturated carbocycles. The minimum Gasteiger partial charge on any atom is -0.469 e. The summed E-state index contributed by atoms with van der Waals surface area (Å²) in [5, 5.41) is 9.43. The second-order valence-electron chi connectivity index (χ2n) is 2.96. The van der Waals surface area contributed by atoms with Crippen molar-refractivity contribution in [2.24, 2.45) is 0 Å². The number of carbonyl (C=O) groups excluding carboxylic acids is 1. The van der Waals surface area contributed by atoms with Crippen LogP contribution < -0.4 is 0 Å². The fourth-order valence-electron chi connectivity index (χ4n) is 1.12. The van der Waals surface area contributed by atoms with Gasteiger partial charge in [0, 0.05) is 11.6 Å². The highest BCUT2D eigenvalue weighted by atomic mass is 19.1. The largest absolute Gasteiger partial charge is 0.469 e. The van der Waals surface area contributed by atoms with E-state index in [1.54, 1.807) is 0 Å². The Morgan fingerprint density at radius 3 is 2.73 bits per heavy atom. The minimum absolute atomic E-state index is 0.123. The van der Waals surface area contributed by atoms with Crippen molar-refractivity contribution in [1.29, 1.82) is 0 Å². The van der Waals surface area contributed by atoms with Gasteiger partial charge in [-0.3, -0.25) is 4.79 Å². The Kier molecular flexibility index (Phi) is 3.74. The molecule has 1 aromatic rings. The average molecular weight is 216 g/mol. The molecule has 0 amide bonds. The van der Waals surface area contributed by atoms with E-state index in [2.05, 4.69) is 4.74 Å². The Bertz CT molecular complexity index is 366. The minimum atomic E-state index is -1.32. The molecule has 0 aliphatic heterocycles. The number of benzene rings is 1. The highest BCUT2D eigenvalue weighted by molar-refractivity contribution is 5.70. The maximum Gasteiger partial charge on any atom is 0.308 e. The Morgan fingerprint density at radius 2 is 2.20 bits per heavy atom. The molecule has 0 saturated heterocycles. The normalized spacial score (nSPS) is 12.3. The topological polar surface area (TPSA) is 46.5 Å². The van der Waals surface area contributed by atoms with Crippen LogP contribution in [-0.2, 0) is 9.53 Å². The van der Waals surface area contributed by atoms with E-state index in [1.807, 2.05) is 0 Å². The van der Waals surface area contributed by atoms with E-state index in [1.165, 1.54) is 0 Å². The zero-order valence-corrected chi connectivity index (χ0v) is 8.04. The number of hydrogen-bond donors (Lipinski definition) is 1. The van der Waals surface area contributed by atoms with E-state index < -0.39 is 23.7 Å². The fraction of sp³-hybridized carbons (Fsp3) is 0.300. The maximum absolute atomic E-state index is 13.1. The standard InChI is InChI=1S/C10H10F2O3/c1-15-10(14)5-9(13)7-3-2-6(11)4-8(7)12/h2-4,9,13H,5H2,1H3/t9-/m0/s1. The Hall–Kier alpha value is -1.49. The van der Waals surface area contributed by atoms with Crippen molar-refractivity contribution in [3.63, 3.8) is 0 Å². The van der Waals surface area contributed by atoms with E-state index in [0.717, 1.165) is 19.2 Å². The first kappa shape index (κ1) is 11.6. The van der Waals surface area contributed by atoms with Crippen molar-refractivity contribution in [1.82, 2.24) is 0 Å². The third-order valence-electron chi connectivity index (χ3n) is 1.91. The van der Waals surface area contributed by atoms with Gasteiger partial charge in [-0.15, -0.1) is 0 Å². The van der Waals surface area contributed by atoms with E-state index in [-0.39, 0.29) is 12.0 Å². The molecule has 0 spiro atoms. The Balaban J connectivity index is 2.82. The van der Waals surface area contributed by atoms with Gasteiger partial charge in [0.2, 0.25) is 0 Å². The molecule has 0 fully saturated rings. The molecule has 1 aromatic carbocycles. The summed E-state index contributed by atoms with van der Waals surface area (Å²) in [5.41, 5.74) is -0.123. The number of ether oxygens (including phenoxy) is 1. The van der Waals surface area contributed by atoms with Crippen molar-refractivity contribution < 1.29 is 23.4 Å². The summed E-state index contributed by atoms with van der Waals surface area (Å²) in [5.74, 6) is -2.28. The number of esters is 1. The van der Waals surface area contributed by atoms with Crippen molar-refractivity contribution in [3.05, 3.63) is 35.4 Å². The molecular weight excluding hydrogens is 206 g/mol. The molecule has 1 rings (SSSR count). The molecule has 1 N–H and O–H groups in total. The van der Waals surface area contributed by atoms with Crippen LogP contribution in [0.5, 0.6) is 0 Å². The van der Waals surface area contributed by atoms with Gasteiger partial charge in [0.15, 0.2) is 0 Å². The first-order valence-corrected chi connectivity index (χ1v) is 4.24. The number of carbonyl (C=O) groups is 1. The van der Waals surface area contributed by atoms with Crippen molar-refractivity contribution in [2.45, 2.75) is 12.5 Å². The number of hydrogen-bond acceptors (Lipinski definition) is 3. The number of methoxy groups -OCH3 is 1. The molecule has 0 radical (unpaired) electrons. The number of rotatable bonds is 3. The lowest BCUT2D eigenvalue weighted by Crippen LogP contribution is -2.09. The van der Waals surface area contributed by atoms with Crippen LogP contribution in [-0.4, -0.2) is 18.2 Å². The summed E-state index contributed by atoms with van der Waals surface area (Å²) in [6.07, 6.45) is -1.68. The van der Waals surface area contributed by atoms with E-state index in [9.17, 15) is 18.7 Å². The molecule has 0 unspecified atom stereocenters. The number of aliphatic hydroxyl groups excluding tert-OH is 1. The summed E-state index contributed by atoms with van der Waals surface area (Å²) >= 11 is 0. The van der Waals surface area contributed by atoms with Gasteiger partial charge in [0.05, 0.1) is 19.6 Å². The lowest BCUT2D eigenvalue weighted by atomic mass is 10.1. The highest BCUT2D eigenvalue weighted by Gasteiger charge is 2.17. The summed E-state index contributed by atoms with van der Waals surface area (Å²) in [7, 11) is 1.16. The van der Waals surface area contributed by atoms with Crippen molar-refractivity contribution >= 4 is 5.97 Å². The predicted molar refractivity (Wildman–Crippen MR) is 48.0 cm³/mol. The maximum atomic E-state index is 13.1. The summed E-state index contributed by atoms with van der Waals surface area (Å²) in [6.45, 7) is 0. The van der Waals surface area contributed by atoms with Gasteiger partial charge in [-0.05, 0) is 6.07 Å². The summed E-state index contributed by atoms with van der Waals surface area (Å²) < 4.78 is 29.9. The number of halogens is 2. The molecule has 1 atom stereocenters. The molecule has 0 bridgehead atoms. The SMILES string of the molecule is COC(=O)C[C@H](O)c1ccc(F)cc1F. The molecule has 3 nitrogen and oxygen atoms in total. The van der Waals surface area contributed by atoms with E-state index >= 15 is 0 Å². The zero-order chi connectivity index (χ0) is 11.4. The lowest BCUT2D eigenvalue weighted by molar-refractivity contribution is -0.142. The van der Waals surface area contributed by atoms with E-state index in [0.29, 0.717) is 6.07 Å². The molecule has 15 heavy (non-hydrogen) atoms. The second-order valence-corrected chi connectivity index (χ2v) is 2.96. The summed E-state index contributed by atoms with van der Waals surface area (Å²) in [4.78, 5) is 10.8. The molecule has 0 aromatic heterocycles. The third-order valence-corrected chi connectivity index (χ3v) is 1.91. The first-order chi connectivity index (χ1) is 7.04. The van der Waals surface area contributed by atoms with Crippen LogP contribution >= 0.6 is 0 Å². The molecule has 0 heterocycles. The molecular formula is C10H10F2O3. The Labute approximate surface area is 85.3 Å². The fourth-order valence-corrected chi connectivity index (χ4v) is 1.12. The van der Waals surface area contributed by atoms with Gasteiger partial charge in [-0.1, -0.05) is 6.07 Å². The lowest BCUT2D eigenvalue weighted by Gasteiger charge is -2.10. The molecule has 82 valence electrons.